The van der Waals surface area contributed by atoms with Crippen molar-refractivity contribution in [2.75, 3.05) is 0 Å². The van der Waals surface area contributed by atoms with Crippen LogP contribution in [-0.2, 0) is 0 Å². The van der Waals surface area contributed by atoms with E-state index in [9.17, 15) is 10.2 Å². The van der Waals surface area contributed by atoms with E-state index >= 15 is 0 Å². The summed E-state index contributed by atoms with van der Waals surface area (Å²) >= 11 is 0. The third kappa shape index (κ3) is 3.21. The molecule has 0 aliphatic carbocycles. The van der Waals surface area contributed by atoms with Crippen molar-refractivity contribution in [1.82, 2.24) is 0 Å². The minimum atomic E-state index is 0.141. The predicted octanol–water partition coefficient (Wildman–Crippen LogP) is 4.78. The Hall–Kier alpha value is -2.22. The van der Waals surface area contributed by atoms with E-state index in [0.29, 0.717) is 5.56 Å². The van der Waals surface area contributed by atoms with Gasteiger partial charge in [-0.1, -0.05) is 56.3 Å². The van der Waals surface area contributed by atoms with Crippen LogP contribution in [0.1, 0.15) is 42.9 Å². The highest BCUT2D eigenvalue weighted by atomic mass is 16.3. The highest BCUT2D eigenvalue weighted by molar-refractivity contribution is 5.71. The fourth-order valence-corrected chi connectivity index (χ4v) is 2.21. The quantitative estimate of drug-likeness (QED) is 0.783. The van der Waals surface area contributed by atoms with Crippen molar-refractivity contribution in [2.45, 2.75) is 26.2 Å². The topological polar surface area (TPSA) is 40.5 Å². The van der Waals surface area contributed by atoms with E-state index in [-0.39, 0.29) is 17.4 Å². The first-order valence-corrected chi connectivity index (χ1v) is 6.90. The Morgan fingerprint density at radius 2 is 1.50 bits per heavy atom. The Morgan fingerprint density at radius 1 is 0.950 bits per heavy atom. The van der Waals surface area contributed by atoms with Crippen molar-refractivity contribution in [2.24, 2.45) is 0 Å². The van der Waals surface area contributed by atoms with Gasteiger partial charge in [-0.15, -0.1) is 0 Å². The molecule has 0 fully saturated rings. The van der Waals surface area contributed by atoms with E-state index in [4.69, 9.17) is 0 Å². The number of hydrogen-bond donors (Lipinski definition) is 2. The van der Waals surface area contributed by atoms with Crippen LogP contribution in [0.15, 0.2) is 42.5 Å². The first-order valence-electron chi connectivity index (χ1n) is 6.90. The van der Waals surface area contributed by atoms with Crippen molar-refractivity contribution in [3.05, 3.63) is 59.2 Å². The maximum absolute atomic E-state index is 10.1. The van der Waals surface area contributed by atoms with Crippen molar-refractivity contribution in [1.29, 1.82) is 0 Å². The van der Waals surface area contributed by atoms with Gasteiger partial charge in [-0.3, -0.25) is 0 Å². The smallest absolute Gasteiger partial charge is 0.123 e. The Balaban J connectivity index is 2.29. The molecule has 20 heavy (non-hydrogen) atoms. The van der Waals surface area contributed by atoms with Gasteiger partial charge in [-0.25, -0.2) is 0 Å². The maximum atomic E-state index is 10.1. The minimum absolute atomic E-state index is 0.141. The predicted molar refractivity (Wildman–Crippen MR) is 83.8 cm³/mol. The Bertz CT molecular complexity index is 577. The molecule has 0 aromatic heterocycles. The zero-order valence-electron chi connectivity index (χ0n) is 11.9. The van der Waals surface area contributed by atoms with Crippen LogP contribution >= 0.6 is 0 Å². The third-order valence-electron chi connectivity index (χ3n) is 3.53. The summed E-state index contributed by atoms with van der Waals surface area (Å²) < 4.78 is 0. The molecule has 2 aromatic rings. The monoisotopic (exact) mass is 268 g/mol. The second kappa shape index (κ2) is 6.29. The number of phenols is 2. The summed E-state index contributed by atoms with van der Waals surface area (Å²) in [6.07, 6.45) is 4.71. The lowest BCUT2D eigenvalue weighted by atomic mass is 9.95. The van der Waals surface area contributed by atoms with Gasteiger partial charge in [0.1, 0.15) is 11.5 Å². The van der Waals surface area contributed by atoms with E-state index < -0.39 is 0 Å². The highest BCUT2D eigenvalue weighted by Gasteiger charge is 2.14. The number of benzene rings is 2. The summed E-state index contributed by atoms with van der Waals surface area (Å²) in [5, 5.41) is 20.2. The molecule has 0 aliphatic heterocycles. The van der Waals surface area contributed by atoms with Crippen molar-refractivity contribution < 1.29 is 10.2 Å². The van der Waals surface area contributed by atoms with E-state index in [0.717, 1.165) is 17.5 Å². The third-order valence-corrected chi connectivity index (χ3v) is 3.53. The van der Waals surface area contributed by atoms with E-state index in [1.54, 1.807) is 12.1 Å². The molecule has 0 bridgehead atoms. The summed E-state index contributed by atoms with van der Waals surface area (Å²) in [7, 11) is 0. The fourth-order valence-electron chi connectivity index (χ4n) is 2.21. The summed E-state index contributed by atoms with van der Waals surface area (Å²) in [5.74, 6) is 0.460. The van der Waals surface area contributed by atoms with Crippen LogP contribution in [0, 0.1) is 0 Å². The summed E-state index contributed by atoms with van der Waals surface area (Å²) in [5.41, 5.74) is 2.50. The number of rotatable bonds is 4. The Kier molecular flexibility index (Phi) is 4.46. The fraction of sp³-hybridized carbons (Fsp3) is 0.222. The molecule has 0 aliphatic rings. The molecule has 1 atom stereocenters. The Morgan fingerprint density at radius 3 is 2.05 bits per heavy atom. The molecule has 104 valence electrons. The van der Waals surface area contributed by atoms with Crippen molar-refractivity contribution in [3.63, 3.8) is 0 Å². The first-order chi connectivity index (χ1) is 9.61. The second-order valence-corrected chi connectivity index (χ2v) is 5.03. The van der Waals surface area contributed by atoms with Crippen LogP contribution in [0.2, 0.25) is 0 Å². The van der Waals surface area contributed by atoms with E-state index in [2.05, 4.69) is 0 Å². The maximum Gasteiger partial charge on any atom is 0.123 e. The second-order valence-electron chi connectivity index (χ2n) is 5.03. The van der Waals surface area contributed by atoms with Gasteiger partial charge in [-0.2, -0.15) is 0 Å². The van der Waals surface area contributed by atoms with Gasteiger partial charge in [0.15, 0.2) is 0 Å². The molecule has 0 saturated heterocycles. The molecule has 2 heteroatoms. The summed E-state index contributed by atoms with van der Waals surface area (Å²) in [6.45, 7) is 4.03. The number of phenolic OH excluding ortho intramolecular Hbond substituents is 2. The molecule has 0 spiro atoms. The van der Waals surface area contributed by atoms with Crippen LogP contribution in [0.3, 0.4) is 0 Å². The van der Waals surface area contributed by atoms with Crippen LogP contribution in [0.5, 0.6) is 11.5 Å². The standard InChI is InChI=1S/C18H20O2/c1-3-13(2)18-16(19)11-15(12-17(18)20)10-9-14-7-5-4-6-8-14/h4-13,19-20H,3H2,1-2H3. The molecule has 1 unspecified atom stereocenters. The molecule has 0 heterocycles. The Labute approximate surface area is 120 Å². The molecule has 0 radical (unpaired) electrons. The van der Waals surface area contributed by atoms with Crippen molar-refractivity contribution >= 4 is 12.2 Å². The van der Waals surface area contributed by atoms with Gasteiger partial charge in [0.05, 0.1) is 0 Å². The van der Waals surface area contributed by atoms with Crippen LogP contribution in [-0.4, -0.2) is 10.2 Å². The average Bonchev–Trinajstić information content (AvgIpc) is 2.45. The molecule has 0 saturated carbocycles. The van der Waals surface area contributed by atoms with Crippen molar-refractivity contribution in [3.8, 4) is 11.5 Å². The van der Waals surface area contributed by atoms with Gasteiger partial charge < -0.3 is 10.2 Å². The molecule has 0 amide bonds. The molecule has 2 N–H and O–H groups in total. The zero-order valence-corrected chi connectivity index (χ0v) is 11.9. The zero-order chi connectivity index (χ0) is 14.5. The van der Waals surface area contributed by atoms with Crippen LogP contribution < -0.4 is 0 Å². The van der Waals surface area contributed by atoms with Gasteiger partial charge >= 0.3 is 0 Å². The minimum Gasteiger partial charge on any atom is -0.507 e. The normalized spacial score (nSPS) is 12.7. The van der Waals surface area contributed by atoms with E-state index in [1.807, 2.05) is 56.3 Å². The van der Waals surface area contributed by atoms with E-state index in [1.165, 1.54) is 0 Å². The van der Waals surface area contributed by atoms with Crippen LogP contribution in [0.4, 0.5) is 0 Å². The van der Waals surface area contributed by atoms with Gasteiger partial charge in [0, 0.05) is 5.56 Å². The molecular weight excluding hydrogens is 248 g/mol. The number of aromatic hydroxyl groups is 2. The lowest BCUT2D eigenvalue weighted by Crippen LogP contribution is -1.93. The van der Waals surface area contributed by atoms with Crippen LogP contribution in [0.25, 0.3) is 12.2 Å². The molecular formula is C18H20O2. The summed E-state index contributed by atoms with van der Waals surface area (Å²) in [4.78, 5) is 0. The first kappa shape index (κ1) is 14.2. The molecule has 2 aromatic carbocycles. The largest absolute Gasteiger partial charge is 0.507 e. The lowest BCUT2D eigenvalue weighted by Gasteiger charge is -2.14. The van der Waals surface area contributed by atoms with Gasteiger partial charge in [0.25, 0.3) is 0 Å². The number of hydrogen-bond acceptors (Lipinski definition) is 2. The lowest BCUT2D eigenvalue weighted by molar-refractivity contribution is 0.429. The SMILES string of the molecule is CCC(C)c1c(O)cc(C=Cc2ccccc2)cc1O. The molecule has 2 nitrogen and oxygen atoms in total. The average molecular weight is 268 g/mol. The summed E-state index contributed by atoms with van der Waals surface area (Å²) in [6, 6.07) is 13.3. The molecule has 2 rings (SSSR count). The highest BCUT2D eigenvalue weighted by Crippen LogP contribution is 2.36. The van der Waals surface area contributed by atoms with Gasteiger partial charge in [-0.05, 0) is 35.6 Å². The van der Waals surface area contributed by atoms with Gasteiger partial charge in [0.2, 0.25) is 0 Å².